The Bertz CT molecular complexity index is 781. The number of nitrogens with two attached hydrogens (primary N) is 1. The molecule has 0 saturated heterocycles. The van der Waals surface area contributed by atoms with Gasteiger partial charge in [0.2, 0.25) is 0 Å². The Morgan fingerprint density at radius 1 is 1.24 bits per heavy atom. The molecule has 0 bridgehead atoms. The fraction of sp³-hybridized carbons (Fsp3) is 0.133. The molecule has 0 radical (unpaired) electrons. The summed E-state index contributed by atoms with van der Waals surface area (Å²) in [7, 11) is 1.87. The first-order valence-electron chi connectivity index (χ1n) is 6.47. The first-order chi connectivity index (χ1) is 10.1. The van der Waals surface area contributed by atoms with Gasteiger partial charge in [0.1, 0.15) is 11.6 Å². The lowest BCUT2D eigenvalue weighted by Crippen LogP contribution is -2.02. The molecule has 3 aromatic rings. The van der Waals surface area contributed by atoms with Crippen molar-refractivity contribution >= 4 is 21.7 Å². The van der Waals surface area contributed by atoms with Crippen LogP contribution in [0.3, 0.4) is 0 Å². The summed E-state index contributed by atoms with van der Waals surface area (Å²) in [5.41, 5.74) is 8.76. The zero-order valence-corrected chi connectivity index (χ0v) is 13.1. The molecule has 0 spiro atoms. The van der Waals surface area contributed by atoms with Crippen molar-refractivity contribution in [1.82, 2.24) is 19.7 Å². The minimum Gasteiger partial charge on any atom is -0.384 e. The Hall–Kier alpha value is -2.21. The van der Waals surface area contributed by atoms with Gasteiger partial charge >= 0.3 is 0 Å². The third-order valence-corrected chi connectivity index (χ3v) is 3.54. The number of hydrogen-bond acceptors (Lipinski definition) is 4. The summed E-state index contributed by atoms with van der Waals surface area (Å²) in [6.45, 7) is 0. The lowest BCUT2D eigenvalue weighted by Gasteiger charge is -2.05. The highest BCUT2D eigenvalue weighted by atomic mass is 79.9. The van der Waals surface area contributed by atoms with E-state index in [1.54, 1.807) is 16.9 Å². The summed E-state index contributed by atoms with van der Waals surface area (Å²) in [4.78, 5) is 8.90. The van der Waals surface area contributed by atoms with E-state index >= 15 is 0 Å². The minimum atomic E-state index is 0.467. The summed E-state index contributed by atoms with van der Waals surface area (Å²) in [6, 6.07) is 9.84. The molecule has 0 unspecified atom stereocenters. The normalized spacial score (nSPS) is 10.8. The summed E-state index contributed by atoms with van der Waals surface area (Å²) < 4.78 is 2.78. The van der Waals surface area contributed by atoms with E-state index in [9.17, 15) is 0 Å². The largest absolute Gasteiger partial charge is 0.384 e. The van der Waals surface area contributed by atoms with E-state index in [4.69, 9.17) is 5.73 Å². The maximum atomic E-state index is 5.90. The Labute approximate surface area is 131 Å². The maximum Gasteiger partial charge on any atom is 0.135 e. The average molecular weight is 344 g/mol. The number of halogens is 1. The molecule has 106 valence electrons. The zero-order valence-electron chi connectivity index (χ0n) is 11.5. The van der Waals surface area contributed by atoms with Crippen LogP contribution in [-0.2, 0) is 13.5 Å². The highest BCUT2D eigenvalue weighted by Crippen LogP contribution is 2.20. The van der Waals surface area contributed by atoms with Gasteiger partial charge in [-0.1, -0.05) is 28.1 Å². The minimum absolute atomic E-state index is 0.467. The fourth-order valence-electron chi connectivity index (χ4n) is 2.13. The van der Waals surface area contributed by atoms with E-state index < -0.39 is 0 Å². The van der Waals surface area contributed by atoms with Gasteiger partial charge in [-0.15, -0.1) is 0 Å². The lowest BCUT2D eigenvalue weighted by atomic mass is 10.1. The van der Waals surface area contributed by atoms with Gasteiger partial charge in [-0.3, -0.25) is 4.68 Å². The molecule has 0 saturated carbocycles. The third kappa shape index (κ3) is 3.28. The van der Waals surface area contributed by atoms with Crippen molar-refractivity contribution in [3.8, 4) is 11.3 Å². The molecule has 2 heterocycles. The smallest absolute Gasteiger partial charge is 0.135 e. The van der Waals surface area contributed by atoms with Gasteiger partial charge in [-0.05, 0) is 17.7 Å². The molecule has 0 fully saturated rings. The van der Waals surface area contributed by atoms with Gasteiger partial charge in [-0.25, -0.2) is 9.97 Å². The van der Waals surface area contributed by atoms with Crippen molar-refractivity contribution in [2.24, 2.45) is 7.05 Å². The van der Waals surface area contributed by atoms with Gasteiger partial charge in [0.25, 0.3) is 0 Å². The molecule has 0 aliphatic rings. The Balaban J connectivity index is 1.94. The van der Waals surface area contributed by atoms with Crippen LogP contribution < -0.4 is 5.73 Å². The van der Waals surface area contributed by atoms with E-state index in [2.05, 4.69) is 37.1 Å². The molecular weight excluding hydrogens is 330 g/mol. The van der Waals surface area contributed by atoms with Crippen molar-refractivity contribution in [2.45, 2.75) is 6.42 Å². The van der Waals surface area contributed by atoms with Crippen molar-refractivity contribution in [3.63, 3.8) is 0 Å². The number of rotatable bonds is 3. The molecular formula is C15H14BrN5. The van der Waals surface area contributed by atoms with Crippen molar-refractivity contribution in [1.29, 1.82) is 0 Å². The lowest BCUT2D eigenvalue weighted by molar-refractivity contribution is 0.768. The SMILES string of the molecule is Cn1cc(-c2cc(N)nc(Cc3cccc(Br)c3)n2)cn1. The molecule has 0 atom stereocenters. The van der Waals surface area contributed by atoms with Crippen LogP contribution in [-0.4, -0.2) is 19.7 Å². The number of aryl methyl sites for hydroxylation is 1. The quantitative estimate of drug-likeness (QED) is 0.793. The van der Waals surface area contributed by atoms with Gasteiger partial charge in [0.15, 0.2) is 0 Å². The van der Waals surface area contributed by atoms with Crippen LogP contribution in [0.4, 0.5) is 5.82 Å². The van der Waals surface area contributed by atoms with Crippen LogP contribution in [0.5, 0.6) is 0 Å². The van der Waals surface area contributed by atoms with Gasteiger partial charge < -0.3 is 5.73 Å². The molecule has 2 aromatic heterocycles. The molecule has 2 N–H and O–H groups in total. The topological polar surface area (TPSA) is 69.6 Å². The second-order valence-corrected chi connectivity index (χ2v) is 5.72. The highest BCUT2D eigenvalue weighted by molar-refractivity contribution is 9.10. The van der Waals surface area contributed by atoms with Crippen molar-refractivity contribution in [2.75, 3.05) is 5.73 Å². The Morgan fingerprint density at radius 2 is 2.10 bits per heavy atom. The number of nitrogen functional groups attached to an aromatic ring is 1. The van der Waals surface area contributed by atoms with Crippen LogP contribution in [0.25, 0.3) is 11.3 Å². The number of benzene rings is 1. The van der Waals surface area contributed by atoms with Crippen molar-refractivity contribution < 1.29 is 0 Å². The number of nitrogens with zero attached hydrogens (tertiary/aromatic N) is 4. The predicted octanol–water partition coefficient (Wildman–Crippen LogP) is 2.81. The van der Waals surface area contributed by atoms with Crippen molar-refractivity contribution in [3.05, 3.63) is 58.6 Å². The highest BCUT2D eigenvalue weighted by Gasteiger charge is 2.08. The van der Waals surface area contributed by atoms with Crippen LogP contribution in [0.15, 0.2) is 47.2 Å². The molecule has 0 amide bonds. The molecule has 0 aliphatic heterocycles. The molecule has 6 heteroatoms. The first kappa shape index (κ1) is 13.8. The van der Waals surface area contributed by atoms with Crippen LogP contribution in [0, 0.1) is 0 Å². The predicted molar refractivity (Wildman–Crippen MR) is 85.6 cm³/mol. The molecule has 3 rings (SSSR count). The van der Waals surface area contributed by atoms with E-state index in [0.29, 0.717) is 18.1 Å². The Morgan fingerprint density at radius 3 is 2.81 bits per heavy atom. The third-order valence-electron chi connectivity index (χ3n) is 3.04. The second-order valence-electron chi connectivity index (χ2n) is 4.80. The van der Waals surface area contributed by atoms with Crippen LogP contribution >= 0.6 is 15.9 Å². The zero-order chi connectivity index (χ0) is 14.8. The van der Waals surface area contributed by atoms with E-state index in [1.165, 1.54) is 0 Å². The summed E-state index contributed by atoms with van der Waals surface area (Å²) in [5.74, 6) is 1.17. The number of anilines is 1. The average Bonchev–Trinajstić information content (AvgIpc) is 2.85. The van der Waals surface area contributed by atoms with E-state index in [-0.39, 0.29) is 0 Å². The summed E-state index contributed by atoms with van der Waals surface area (Å²) in [5, 5.41) is 4.16. The van der Waals surface area contributed by atoms with Crippen LogP contribution in [0.2, 0.25) is 0 Å². The number of hydrogen-bond donors (Lipinski definition) is 1. The fourth-order valence-corrected chi connectivity index (χ4v) is 2.57. The first-order valence-corrected chi connectivity index (χ1v) is 7.26. The molecule has 5 nitrogen and oxygen atoms in total. The standard InChI is InChI=1S/C15H14BrN5/c1-21-9-11(8-18-21)13-7-14(17)20-15(19-13)6-10-3-2-4-12(16)5-10/h2-5,7-9H,6H2,1H3,(H2,17,19,20). The Kier molecular flexibility index (Phi) is 3.70. The maximum absolute atomic E-state index is 5.90. The summed E-state index contributed by atoms with van der Waals surface area (Å²) >= 11 is 3.47. The van der Waals surface area contributed by atoms with Gasteiger partial charge in [-0.2, -0.15) is 5.10 Å². The monoisotopic (exact) mass is 343 g/mol. The van der Waals surface area contributed by atoms with Crippen LogP contribution in [0.1, 0.15) is 11.4 Å². The molecule has 0 aliphatic carbocycles. The number of aromatic nitrogens is 4. The second kappa shape index (κ2) is 5.65. The van der Waals surface area contributed by atoms with E-state index in [0.717, 1.165) is 21.3 Å². The van der Waals surface area contributed by atoms with Gasteiger partial charge in [0, 0.05) is 35.8 Å². The molecule has 21 heavy (non-hydrogen) atoms. The molecule has 1 aromatic carbocycles. The van der Waals surface area contributed by atoms with E-state index in [1.807, 2.05) is 31.4 Å². The van der Waals surface area contributed by atoms with Gasteiger partial charge in [0.05, 0.1) is 11.9 Å². The summed E-state index contributed by atoms with van der Waals surface area (Å²) in [6.07, 6.45) is 4.31.